The Morgan fingerprint density at radius 3 is 1.18 bits per heavy atom. The molecular weight excluding hydrogens is 593 g/mol. The Hall–Kier alpha value is -3.63. The summed E-state index contributed by atoms with van der Waals surface area (Å²) in [7, 11) is -6.17. The van der Waals surface area contributed by atoms with Crippen LogP contribution in [0.4, 0.5) is 0 Å². The van der Waals surface area contributed by atoms with Crippen molar-refractivity contribution in [1.29, 1.82) is 0 Å². The third kappa shape index (κ3) is 7.12. The highest BCUT2D eigenvalue weighted by Gasteiger charge is 2.53. The van der Waals surface area contributed by atoms with E-state index < -0.39 is 34.8 Å². The van der Waals surface area contributed by atoms with Crippen LogP contribution in [0.5, 0.6) is 0 Å². The topological polar surface area (TPSA) is 72.8 Å². The average Bonchev–Trinajstić information content (AvgIpc) is 3.03. The molecule has 0 spiro atoms. The van der Waals surface area contributed by atoms with Crippen LogP contribution in [0.15, 0.2) is 121 Å². The minimum atomic E-state index is -3.14. The lowest BCUT2D eigenvalue weighted by Gasteiger charge is -2.45. The van der Waals surface area contributed by atoms with Gasteiger partial charge in [-0.05, 0) is 43.7 Å². The molecule has 4 rings (SSSR count). The van der Waals surface area contributed by atoms with Crippen LogP contribution >= 0.6 is 0 Å². The number of carboxylic acid groups (broad SMARTS) is 1. The minimum absolute atomic E-state index is 0.126. The molecule has 1 unspecified atom stereocenters. The fourth-order valence-electron chi connectivity index (χ4n) is 6.53. The second-order valence-electron chi connectivity index (χ2n) is 13.6. The van der Waals surface area contributed by atoms with E-state index >= 15 is 0 Å². The molecule has 0 amide bonds. The van der Waals surface area contributed by atoms with Gasteiger partial charge in [-0.3, -0.25) is 0 Å². The number of benzene rings is 4. The van der Waals surface area contributed by atoms with Gasteiger partial charge in [-0.15, -0.1) is 0 Å². The standard InChI is InChI=1S/C38H46O5Si2/c1-37(2,3)44(31-19-11-7-12-20-31,32-21-13-8-14-22-32)42-30(29-39)27-28-35(36(40)41)43-45(38(4,5)6,33-23-15-9-16-24-33)34-25-17-10-18-26-34/h7-26,29-30,35H,27-28H2,1-6H3,(H,40,41)/t30-,35?/m0/s1. The number of carboxylic acids is 1. The lowest BCUT2D eigenvalue weighted by Crippen LogP contribution is -2.68. The van der Waals surface area contributed by atoms with E-state index in [0.29, 0.717) is 0 Å². The van der Waals surface area contributed by atoms with Crippen LogP contribution < -0.4 is 20.7 Å². The summed E-state index contributed by atoms with van der Waals surface area (Å²) in [5.41, 5.74) is 0. The molecule has 0 fully saturated rings. The number of carbonyl (C=O) groups excluding carboxylic acids is 1. The summed E-state index contributed by atoms with van der Waals surface area (Å²) in [6.07, 6.45) is -0.784. The van der Waals surface area contributed by atoms with Crippen molar-refractivity contribution in [2.45, 2.75) is 76.7 Å². The van der Waals surface area contributed by atoms with Gasteiger partial charge in [-0.2, -0.15) is 0 Å². The molecule has 0 heterocycles. The minimum Gasteiger partial charge on any atom is -0.479 e. The Morgan fingerprint density at radius 2 is 0.911 bits per heavy atom. The van der Waals surface area contributed by atoms with Gasteiger partial charge in [0.15, 0.2) is 0 Å². The second-order valence-corrected chi connectivity index (χ2v) is 22.1. The summed E-state index contributed by atoms with van der Waals surface area (Å²) in [6, 6.07) is 40.3. The van der Waals surface area contributed by atoms with Gasteiger partial charge in [0, 0.05) is 0 Å². The van der Waals surface area contributed by atoms with Crippen LogP contribution in [0.2, 0.25) is 10.1 Å². The summed E-state index contributed by atoms with van der Waals surface area (Å²) in [4.78, 5) is 25.7. The van der Waals surface area contributed by atoms with Gasteiger partial charge in [0.05, 0.1) is 0 Å². The van der Waals surface area contributed by atoms with Crippen LogP contribution in [0.25, 0.3) is 0 Å². The maximum Gasteiger partial charge on any atom is 0.331 e. The molecule has 5 nitrogen and oxygen atoms in total. The predicted molar refractivity (Wildman–Crippen MR) is 188 cm³/mol. The summed E-state index contributed by atoms with van der Waals surface area (Å²) < 4.78 is 14.0. The molecule has 2 atom stereocenters. The van der Waals surface area contributed by atoms with Gasteiger partial charge in [0.25, 0.3) is 16.6 Å². The normalized spacial score (nSPS) is 14.0. The van der Waals surface area contributed by atoms with Gasteiger partial charge in [-0.1, -0.05) is 163 Å². The van der Waals surface area contributed by atoms with Crippen molar-refractivity contribution in [3.05, 3.63) is 121 Å². The smallest absolute Gasteiger partial charge is 0.331 e. The largest absolute Gasteiger partial charge is 0.479 e. The van der Waals surface area contributed by atoms with Crippen LogP contribution in [-0.2, 0) is 18.4 Å². The van der Waals surface area contributed by atoms with Crippen molar-refractivity contribution in [1.82, 2.24) is 0 Å². The molecule has 0 saturated heterocycles. The van der Waals surface area contributed by atoms with Gasteiger partial charge in [0.2, 0.25) is 0 Å². The fraction of sp³-hybridized carbons (Fsp3) is 0.316. The predicted octanol–water partition coefficient (Wildman–Crippen LogP) is 5.94. The van der Waals surface area contributed by atoms with Crippen molar-refractivity contribution >= 4 is 49.6 Å². The van der Waals surface area contributed by atoms with Gasteiger partial charge in [-0.25, -0.2) is 4.79 Å². The summed E-state index contributed by atoms with van der Waals surface area (Å²) >= 11 is 0. The summed E-state index contributed by atoms with van der Waals surface area (Å²) in [5, 5.41) is 14.0. The van der Waals surface area contributed by atoms with E-state index in [1.165, 1.54) is 0 Å². The fourth-order valence-corrected chi connectivity index (χ4v) is 15.8. The van der Waals surface area contributed by atoms with Crippen LogP contribution in [0.1, 0.15) is 54.4 Å². The zero-order valence-electron chi connectivity index (χ0n) is 27.3. The van der Waals surface area contributed by atoms with E-state index in [1.807, 2.05) is 97.1 Å². The third-order valence-corrected chi connectivity index (χ3v) is 18.7. The van der Waals surface area contributed by atoms with Crippen molar-refractivity contribution in [2.75, 3.05) is 0 Å². The molecule has 236 valence electrons. The molecule has 0 aliphatic heterocycles. The van der Waals surface area contributed by atoms with E-state index in [2.05, 4.69) is 65.8 Å². The first-order valence-corrected chi connectivity index (χ1v) is 19.4. The van der Waals surface area contributed by atoms with E-state index in [4.69, 9.17) is 8.85 Å². The van der Waals surface area contributed by atoms with Gasteiger partial charge < -0.3 is 18.8 Å². The molecule has 1 N–H and O–H groups in total. The quantitative estimate of drug-likeness (QED) is 0.145. The Kier molecular flexibility index (Phi) is 10.8. The van der Waals surface area contributed by atoms with E-state index in [9.17, 15) is 14.7 Å². The number of rotatable bonds is 13. The van der Waals surface area contributed by atoms with E-state index in [1.54, 1.807) is 0 Å². The molecule has 0 aliphatic rings. The molecule has 0 aromatic heterocycles. The van der Waals surface area contributed by atoms with Gasteiger partial charge in [0.1, 0.15) is 18.5 Å². The first-order valence-electron chi connectivity index (χ1n) is 15.6. The molecule has 45 heavy (non-hydrogen) atoms. The molecule has 0 saturated carbocycles. The Balaban J connectivity index is 1.73. The van der Waals surface area contributed by atoms with Crippen molar-refractivity contribution in [3.8, 4) is 0 Å². The highest BCUT2D eigenvalue weighted by Crippen LogP contribution is 2.39. The van der Waals surface area contributed by atoms with E-state index in [-0.39, 0.29) is 22.9 Å². The molecular formula is C38H46O5Si2. The Morgan fingerprint density at radius 1 is 0.600 bits per heavy atom. The molecule has 0 aliphatic carbocycles. The summed E-state index contributed by atoms with van der Waals surface area (Å²) in [6.45, 7) is 12.9. The number of aliphatic carboxylic acids is 1. The second kappa shape index (κ2) is 14.2. The monoisotopic (exact) mass is 638 g/mol. The van der Waals surface area contributed by atoms with Crippen LogP contribution in [0, 0.1) is 0 Å². The third-order valence-electron chi connectivity index (χ3n) is 8.62. The molecule has 7 heteroatoms. The average molecular weight is 639 g/mol. The SMILES string of the molecule is CC(C)(C)[Si](OC(CC[C@@H](C=O)O[Si](c1ccccc1)(c1ccccc1)C(C)(C)C)C(=O)O)(c1ccccc1)c1ccccc1. The van der Waals surface area contributed by atoms with Crippen molar-refractivity contribution in [2.24, 2.45) is 0 Å². The highest BCUT2D eigenvalue weighted by atomic mass is 28.4. The first-order chi connectivity index (χ1) is 21.4. The zero-order valence-corrected chi connectivity index (χ0v) is 29.3. The maximum absolute atomic E-state index is 12.9. The zero-order chi connectivity index (χ0) is 32.7. The van der Waals surface area contributed by atoms with Gasteiger partial charge >= 0.3 is 5.97 Å². The lowest BCUT2D eigenvalue weighted by molar-refractivity contribution is -0.146. The molecule has 0 bridgehead atoms. The number of hydrogen-bond donors (Lipinski definition) is 1. The number of carbonyl (C=O) groups is 2. The van der Waals surface area contributed by atoms with Crippen LogP contribution in [-0.4, -0.2) is 46.2 Å². The van der Waals surface area contributed by atoms with Crippen molar-refractivity contribution in [3.63, 3.8) is 0 Å². The summed E-state index contributed by atoms with van der Waals surface area (Å²) in [5.74, 6) is -1.04. The Labute approximate surface area is 270 Å². The molecule has 0 radical (unpaired) electrons. The Bertz CT molecular complexity index is 1440. The first kappa shape index (κ1) is 34.3. The lowest BCUT2D eigenvalue weighted by atomic mass is 10.1. The van der Waals surface area contributed by atoms with Crippen molar-refractivity contribution < 1.29 is 23.5 Å². The number of hydrogen-bond acceptors (Lipinski definition) is 4. The maximum atomic E-state index is 12.9. The molecule has 4 aromatic rings. The molecule has 4 aromatic carbocycles. The number of aldehydes is 1. The van der Waals surface area contributed by atoms with E-state index in [0.717, 1.165) is 27.0 Å². The van der Waals surface area contributed by atoms with Crippen LogP contribution in [0.3, 0.4) is 0 Å². The highest BCUT2D eigenvalue weighted by molar-refractivity contribution is 7.00.